The first kappa shape index (κ1) is 21.6. The maximum absolute atomic E-state index is 13.4. The number of rotatable bonds is 7. The molecule has 1 aliphatic carbocycles. The SMILES string of the molecule is C[C@@H]1C[C@H](NS(=O)(=O)N(C)C)[C@H](CO[C@H]2CC[C@@H](c3cccc(F)c3)CC2)N1. The predicted molar refractivity (Wildman–Crippen MR) is 108 cm³/mol. The summed E-state index contributed by atoms with van der Waals surface area (Å²) in [6, 6.07) is 6.92. The second-order valence-corrected chi connectivity index (χ2v) is 10.2. The van der Waals surface area contributed by atoms with Crippen molar-refractivity contribution in [2.45, 2.75) is 69.2 Å². The lowest BCUT2D eigenvalue weighted by Crippen LogP contribution is -2.49. The summed E-state index contributed by atoms with van der Waals surface area (Å²) in [5.74, 6) is 0.211. The van der Waals surface area contributed by atoms with Gasteiger partial charge in [0.15, 0.2) is 0 Å². The van der Waals surface area contributed by atoms with Gasteiger partial charge >= 0.3 is 0 Å². The quantitative estimate of drug-likeness (QED) is 0.720. The summed E-state index contributed by atoms with van der Waals surface area (Å²) in [5, 5.41) is 3.43. The molecule has 2 fully saturated rings. The van der Waals surface area contributed by atoms with E-state index in [0.717, 1.165) is 37.7 Å². The van der Waals surface area contributed by atoms with Crippen LogP contribution in [0.15, 0.2) is 24.3 Å². The van der Waals surface area contributed by atoms with Gasteiger partial charge in [0.05, 0.1) is 12.7 Å². The van der Waals surface area contributed by atoms with Gasteiger partial charge in [-0.15, -0.1) is 0 Å². The van der Waals surface area contributed by atoms with Crippen LogP contribution in [0.1, 0.15) is 50.5 Å². The molecule has 3 atom stereocenters. The number of hydrogen-bond acceptors (Lipinski definition) is 4. The Balaban J connectivity index is 1.49. The minimum atomic E-state index is -3.47. The third-order valence-electron chi connectivity index (χ3n) is 5.88. The lowest BCUT2D eigenvalue weighted by molar-refractivity contribution is 0.0122. The van der Waals surface area contributed by atoms with Crippen molar-refractivity contribution >= 4 is 10.2 Å². The number of benzene rings is 1. The Morgan fingerprint density at radius 2 is 1.96 bits per heavy atom. The van der Waals surface area contributed by atoms with Crippen molar-refractivity contribution < 1.29 is 17.5 Å². The van der Waals surface area contributed by atoms with Gasteiger partial charge in [-0.1, -0.05) is 12.1 Å². The lowest BCUT2D eigenvalue weighted by Gasteiger charge is -2.30. The fourth-order valence-corrected chi connectivity index (χ4v) is 5.10. The zero-order valence-corrected chi connectivity index (χ0v) is 17.7. The van der Waals surface area contributed by atoms with Crippen molar-refractivity contribution in [2.75, 3.05) is 20.7 Å². The summed E-state index contributed by atoms with van der Waals surface area (Å²) in [6.07, 6.45) is 4.77. The van der Waals surface area contributed by atoms with Gasteiger partial charge in [-0.3, -0.25) is 0 Å². The molecule has 0 radical (unpaired) electrons. The van der Waals surface area contributed by atoms with Crippen LogP contribution in [0.4, 0.5) is 4.39 Å². The van der Waals surface area contributed by atoms with E-state index in [9.17, 15) is 12.8 Å². The zero-order valence-electron chi connectivity index (χ0n) is 16.9. The predicted octanol–water partition coefficient (Wildman–Crippen LogP) is 2.38. The molecular formula is C20H32FN3O3S. The minimum absolute atomic E-state index is 0.0364. The molecule has 6 nitrogen and oxygen atoms in total. The Morgan fingerprint density at radius 3 is 2.61 bits per heavy atom. The summed E-state index contributed by atoms with van der Waals surface area (Å²) < 4.78 is 47.9. The van der Waals surface area contributed by atoms with E-state index in [1.54, 1.807) is 12.1 Å². The number of nitrogens with zero attached hydrogens (tertiary/aromatic N) is 1. The van der Waals surface area contributed by atoms with Gasteiger partial charge in [0.2, 0.25) is 0 Å². The maximum Gasteiger partial charge on any atom is 0.279 e. The minimum Gasteiger partial charge on any atom is -0.377 e. The molecule has 0 bridgehead atoms. The first-order chi connectivity index (χ1) is 13.2. The van der Waals surface area contributed by atoms with Gasteiger partial charge in [0, 0.05) is 32.2 Å². The summed E-state index contributed by atoms with van der Waals surface area (Å²) in [5.41, 5.74) is 1.07. The topological polar surface area (TPSA) is 70.7 Å². The van der Waals surface area contributed by atoms with Crippen molar-refractivity contribution in [3.63, 3.8) is 0 Å². The van der Waals surface area contributed by atoms with Crippen LogP contribution in [0.5, 0.6) is 0 Å². The van der Waals surface area contributed by atoms with E-state index in [4.69, 9.17) is 4.74 Å². The van der Waals surface area contributed by atoms with Crippen LogP contribution in [0.2, 0.25) is 0 Å². The molecule has 1 heterocycles. The maximum atomic E-state index is 13.4. The normalized spacial score (nSPS) is 31.4. The molecule has 1 aromatic rings. The Hall–Kier alpha value is -1.06. The van der Waals surface area contributed by atoms with E-state index in [2.05, 4.69) is 17.0 Å². The molecule has 8 heteroatoms. The van der Waals surface area contributed by atoms with Crippen LogP contribution in [0, 0.1) is 5.82 Å². The molecule has 1 aromatic carbocycles. The number of hydrogen-bond donors (Lipinski definition) is 2. The number of ether oxygens (including phenoxy) is 1. The first-order valence-corrected chi connectivity index (χ1v) is 11.5. The smallest absolute Gasteiger partial charge is 0.279 e. The number of nitrogens with one attached hydrogen (secondary N) is 2. The van der Waals surface area contributed by atoms with Gasteiger partial charge in [0.1, 0.15) is 5.82 Å². The Kier molecular flexibility index (Phi) is 7.09. The highest BCUT2D eigenvalue weighted by atomic mass is 32.2. The standard InChI is InChI=1S/C20H32FN3O3S/c1-14-11-19(23-28(25,26)24(2)3)20(22-14)13-27-18-9-7-15(8-10-18)16-5-4-6-17(21)12-16/h4-6,12,14-15,18-20,22-23H,7-11,13H2,1-3H3/t14-,15-,18+,19+,20+/m1/s1. The highest BCUT2D eigenvalue weighted by Crippen LogP contribution is 2.34. The van der Waals surface area contributed by atoms with E-state index in [-0.39, 0.29) is 30.0 Å². The molecule has 1 saturated carbocycles. The Bertz CT molecular complexity index is 751. The van der Waals surface area contributed by atoms with Gasteiger partial charge in [-0.25, -0.2) is 4.39 Å². The van der Waals surface area contributed by atoms with E-state index >= 15 is 0 Å². The fourth-order valence-electron chi connectivity index (χ4n) is 4.25. The van der Waals surface area contributed by atoms with Crippen LogP contribution in [0.25, 0.3) is 0 Å². The van der Waals surface area contributed by atoms with Crippen LogP contribution < -0.4 is 10.0 Å². The Morgan fingerprint density at radius 1 is 1.25 bits per heavy atom. The molecule has 0 aromatic heterocycles. The highest BCUT2D eigenvalue weighted by molar-refractivity contribution is 7.87. The fraction of sp³-hybridized carbons (Fsp3) is 0.700. The van der Waals surface area contributed by atoms with Gasteiger partial charge < -0.3 is 10.1 Å². The van der Waals surface area contributed by atoms with Crippen molar-refractivity contribution in [3.8, 4) is 0 Å². The van der Waals surface area contributed by atoms with E-state index in [1.807, 2.05) is 6.07 Å². The average molecular weight is 414 g/mol. The third-order valence-corrected chi connectivity index (χ3v) is 7.44. The molecule has 158 valence electrons. The van der Waals surface area contributed by atoms with Gasteiger partial charge in [-0.05, 0) is 62.6 Å². The van der Waals surface area contributed by atoms with Crippen LogP contribution in [-0.2, 0) is 14.9 Å². The van der Waals surface area contributed by atoms with Crippen molar-refractivity contribution in [2.24, 2.45) is 0 Å². The van der Waals surface area contributed by atoms with Crippen LogP contribution >= 0.6 is 0 Å². The molecule has 1 saturated heterocycles. The molecule has 3 rings (SSSR count). The molecule has 0 unspecified atom stereocenters. The van der Waals surface area contributed by atoms with Crippen molar-refractivity contribution in [3.05, 3.63) is 35.6 Å². The summed E-state index contributed by atoms with van der Waals surface area (Å²) in [7, 11) is -0.416. The molecule has 1 aliphatic heterocycles. The second kappa shape index (κ2) is 9.17. The summed E-state index contributed by atoms with van der Waals surface area (Å²) >= 11 is 0. The van der Waals surface area contributed by atoms with Gasteiger partial charge in [-0.2, -0.15) is 17.4 Å². The average Bonchev–Trinajstić information content (AvgIpc) is 2.99. The second-order valence-electron chi connectivity index (χ2n) is 8.28. The molecule has 0 amide bonds. The lowest BCUT2D eigenvalue weighted by atomic mass is 9.83. The van der Waals surface area contributed by atoms with E-state index in [0.29, 0.717) is 12.5 Å². The van der Waals surface area contributed by atoms with Crippen LogP contribution in [-0.4, -0.2) is 57.7 Å². The van der Waals surface area contributed by atoms with Crippen molar-refractivity contribution in [1.29, 1.82) is 0 Å². The third kappa shape index (κ3) is 5.51. The molecule has 28 heavy (non-hydrogen) atoms. The molecule has 0 spiro atoms. The zero-order chi connectivity index (χ0) is 20.3. The Labute approximate surface area is 168 Å². The molecular weight excluding hydrogens is 381 g/mol. The highest BCUT2D eigenvalue weighted by Gasteiger charge is 2.35. The molecule has 2 aliphatic rings. The van der Waals surface area contributed by atoms with Crippen molar-refractivity contribution in [1.82, 2.24) is 14.3 Å². The van der Waals surface area contributed by atoms with Gasteiger partial charge in [0.25, 0.3) is 10.2 Å². The summed E-state index contributed by atoms with van der Waals surface area (Å²) in [6.45, 7) is 2.54. The van der Waals surface area contributed by atoms with E-state index in [1.165, 1.54) is 24.5 Å². The number of halogens is 1. The van der Waals surface area contributed by atoms with Crippen LogP contribution in [0.3, 0.4) is 0 Å². The summed E-state index contributed by atoms with van der Waals surface area (Å²) in [4.78, 5) is 0. The molecule has 2 N–H and O–H groups in total. The van der Waals surface area contributed by atoms with E-state index < -0.39 is 10.2 Å². The monoisotopic (exact) mass is 413 g/mol. The first-order valence-electron chi connectivity index (χ1n) is 10.1. The largest absolute Gasteiger partial charge is 0.377 e.